The highest BCUT2D eigenvalue weighted by Crippen LogP contribution is 2.67. The Labute approximate surface area is 323 Å². The molecule has 0 spiro atoms. The van der Waals surface area contributed by atoms with Crippen molar-refractivity contribution in [2.45, 2.75) is 150 Å². The molecule has 54 heavy (non-hydrogen) atoms. The quantitative estimate of drug-likeness (QED) is 0.0560. The van der Waals surface area contributed by atoms with E-state index in [0.717, 1.165) is 11.1 Å². The minimum Gasteiger partial charge on any atom is -0.462 e. The van der Waals surface area contributed by atoms with Crippen LogP contribution in [0, 0.1) is 10.8 Å². The highest BCUT2D eigenvalue weighted by molar-refractivity contribution is 5.96. The van der Waals surface area contributed by atoms with E-state index in [1.54, 1.807) is 13.0 Å². The SMILES string of the molecule is CCCC(=O)OC/C(C=C=C1C(C)(C)C[C@H](OC(C)=O)C[C@@]1(C)O)=C/C=C/C(C)=C/C=C/C=C(C)/C=C/C=C(\C)C(=O)C[C@@]12O[C@]1(C)C[C@@H](O)CC2(C)C. The van der Waals surface area contributed by atoms with Gasteiger partial charge in [-0.15, -0.1) is 5.73 Å². The number of carbonyl (C=O) groups is 3. The predicted octanol–water partition coefficient (Wildman–Crippen LogP) is 9.02. The minimum absolute atomic E-state index is 0.0626. The first-order valence-electron chi connectivity index (χ1n) is 19.2. The first kappa shape index (κ1) is 44.6. The number of esters is 2. The maximum absolute atomic E-state index is 13.1. The molecular weight excluding hydrogens is 680 g/mol. The summed E-state index contributed by atoms with van der Waals surface area (Å²) in [6, 6.07) is 0. The Bertz CT molecular complexity index is 1680. The molecule has 0 amide bonds. The van der Waals surface area contributed by atoms with E-state index >= 15 is 0 Å². The molecule has 3 fully saturated rings. The number of Topliss-reactive ketones (excluding diaryl/α,β-unsaturated/α-hetero) is 1. The van der Waals surface area contributed by atoms with E-state index in [1.807, 2.05) is 109 Å². The topological polar surface area (TPSA) is 123 Å². The lowest BCUT2D eigenvalue weighted by molar-refractivity contribution is -0.152. The highest BCUT2D eigenvalue weighted by atomic mass is 16.6. The molecule has 2 aliphatic carbocycles. The Hall–Kier alpha value is -3.81. The second kappa shape index (κ2) is 18.2. The first-order valence-corrected chi connectivity index (χ1v) is 19.2. The van der Waals surface area contributed by atoms with Gasteiger partial charge in [0.1, 0.15) is 18.3 Å². The van der Waals surface area contributed by atoms with E-state index in [-0.39, 0.29) is 42.3 Å². The smallest absolute Gasteiger partial charge is 0.306 e. The molecule has 0 aromatic rings. The second-order valence-corrected chi connectivity index (χ2v) is 17.1. The Balaban J connectivity index is 1.66. The van der Waals surface area contributed by atoms with Crippen LogP contribution in [0.1, 0.15) is 121 Å². The molecule has 1 heterocycles. The molecule has 0 unspecified atom stereocenters. The number of fused-ring (bicyclic) bond motifs is 1. The van der Waals surface area contributed by atoms with Crippen LogP contribution < -0.4 is 0 Å². The number of carbonyl (C=O) groups excluding carboxylic acids is 3. The Morgan fingerprint density at radius 1 is 0.852 bits per heavy atom. The van der Waals surface area contributed by atoms with Crippen LogP contribution >= 0.6 is 0 Å². The average molecular weight is 745 g/mol. The Kier molecular flexibility index (Phi) is 15.0. The lowest BCUT2D eigenvalue weighted by Gasteiger charge is -2.44. The summed E-state index contributed by atoms with van der Waals surface area (Å²) in [4.78, 5) is 36.9. The first-order chi connectivity index (χ1) is 25.1. The van der Waals surface area contributed by atoms with Crippen molar-refractivity contribution in [1.82, 2.24) is 0 Å². The van der Waals surface area contributed by atoms with Crippen molar-refractivity contribution in [2.75, 3.05) is 6.61 Å². The van der Waals surface area contributed by atoms with E-state index in [2.05, 4.69) is 19.6 Å². The van der Waals surface area contributed by atoms with Crippen LogP contribution in [0.25, 0.3) is 0 Å². The maximum atomic E-state index is 13.1. The number of aliphatic hydroxyl groups excluding tert-OH is 1. The van der Waals surface area contributed by atoms with Gasteiger partial charge in [0.2, 0.25) is 0 Å². The maximum Gasteiger partial charge on any atom is 0.306 e. The van der Waals surface area contributed by atoms with Gasteiger partial charge in [0.25, 0.3) is 0 Å². The summed E-state index contributed by atoms with van der Waals surface area (Å²) in [6.45, 7) is 21.1. The van der Waals surface area contributed by atoms with Gasteiger partial charge in [-0.3, -0.25) is 14.4 Å². The number of hydrogen-bond donors (Lipinski definition) is 2. The van der Waals surface area contributed by atoms with E-state index in [4.69, 9.17) is 14.2 Å². The van der Waals surface area contributed by atoms with Crippen LogP contribution in [0.5, 0.6) is 0 Å². The standard InChI is InChI=1S/C46H64O8/c1-12-17-41(50)52-31-36(24-25-40-42(6,7)28-38(53-35(5)47)29-44(40,10)51)23-16-21-33(3)19-14-13-18-32(2)20-15-22-34(4)39(49)30-46-43(8,9)26-37(48)27-45(46,11)54-46/h13-16,18-24,37-38,48,51H,12,17,26-31H2,1-11H3/b14-13+,20-15+,21-16+,32-18+,33-19+,34-22+,36-23+/t25?,37-,38-,44+,45+,46-/m0/s1. The highest BCUT2D eigenvalue weighted by Gasteiger charge is 2.76. The monoisotopic (exact) mass is 744 g/mol. The third kappa shape index (κ3) is 11.8. The average Bonchev–Trinajstić information content (AvgIpc) is 3.64. The number of ether oxygens (including phenoxy) is 3. The van der Waals surface area contributed by atoms with Crippen LogP contribution in [0.15, 0.2) is 100 Å². The van der Waals surface area contributed by atoms with Crippen LogP contribution in [0.2, 0.25) is 0 Å². The van der Waals surface area contributed by atoms with Gasteiger partial charge in [-0.05, 0) is 81.9 Å². The van der Waals surface area contributed by atoms with Crippen LogP contribution in [-0.4, -0.2) is 63.6 Å². The number of aliphatic hydroxyl groups is 2. The fourth-order valence-electron chi connectivity index (χ4n) is 8.24. The van der Waals surface area contributed by atoms with Gasteiger partial charge in [-0.2, -0.15) is 0 Å². The number of rotatable bonds is 15. The van der Waals surface area contributed by atoms with Crippen molar-refractivity contribution >= 4 is 17.7 Å². The summed E-state index contributed by atoms with van der Waals surface area (Å²) in [5.41, 5.74) is 4.47. The van der Waals surface area contributed by atoms with Crippen molar-refractivity contribution in [1.29, 1.82) is 0 Å². The molecule has 3 rings (SSSR count). The van der Waals surface area contributed by atoms with Gasteiger partial charge in [0.15, 0.2) is 5.78 Å². The van der Waals surface area contributed by atoms with Gasteiger partial charge >= 0.3 is 11.9 Å². The van der Waals surface area contributed by atoms with E-state index < -0.39 is 28.3 Å². The van der Waals surface area contributed by atoms with Gasteiger partial charge in [-0.25, -0.2) is 0 Å². The summed E-state index contributed by atoms with van der Waals surface area (Å²) < 4.78 is 17.1. The van der Waals surface area contributed by atoms with Crippen LogP contribution in [0.3, 0.4) is 0 Å². The molecule has 1 saturated heterocycles. The van der Waals surface area contributed by atoms with Crippen molar-refractivity contribution in [3.8, 4) is 0 Å². The third-order valence-corrected chi connectivity index (χ3v) is 10.9. The largest absolute Gasteiger partial charge is 0.462 e. The number of ketones is 1. The van der Waals surface area contributed by atoms with E-state index in [0.29, 0.717) is 55.2 Å². The molecule has 1 aliphatic heterocycles. The van der Waals surface area contributed by atoms with Crippen molar-refractivity contribution in [2.24, 2.45) is 10.8 Å². The minimum atomic E-state index is -1.23. The summed E-state index contributed by atoms with van der Waals surface area (Å²) in [5.74, 6) is -0.580. The Morgan fingerprint density at radius 2 is 1.46 bits per heavy atom. The van der Waals surface area contributed by atoms with Gasteiger partial charge in [-0.1, -0.05) is 107 Å². The molecule has 5 atom stereocenters. The van der Waals surface area contributed by atoms with Crippen molar-refractivity contribution in [3.63, 3.8) is 0 Å². The molecule has 0 aromatic heterocycles. The van der Waals surface area contributed by atoms with E-state index in [1.165, 1.54) is 6.92 Å². The van der Waals surface area contributed by atoms with Gasteiger partial charge in [0.05, 0.1) is 17.3 Å². The lowest BCUT2D eigenvalue weighted by Crippen LogP contribution is -2.48. The molecule has 296 valence electrons. The molecule has 2 N–H and O–H groups in total. The molecule has 0 aromatic carbocycles. The van der Waals surface area contributed by atoms with Crippen molar-refractivity contribution in [3.05, 3.63) is 100 Å². The Morgan fingerprint density at radius 3 is 2.02 bits per heavy atom. The molecule has 8 heteroatoms. The summed E-state index contributed by atoms with van der Waals surface area (Å²) in [6.07, 6.45) is 23.6. The fourth-order valence-corrected chi connectivity index (χ4v) is 8.24. The second-order valence-electron chi connectivity index (χ2n) is 17.1. The fraction of sp³-hybridized carbons (Fsp3) is 0.565. The number of allylic oxidation sites excluding steroid dienone is 13. The summed E-state index contributed by atoms with van der Waals surface area (Å²) in [7, 11) is 0. The number of hydrogen-bond acceptors (Lipinski definition) is 8. The molecule has 3 aliphatic rings. The van der Waals surface area contributed by atoms with Gasteiger partial charge < -0.3 is 24.4 Å². The molecule has 2 saturated carbocycles. The van der Waals surface area contributed by atoms with Crippen molar-refractivity contribution < 1.29 is 38.8 Å². The summed E-state index contributed by atoms with van der Waals surface area (Å²) >= 11 is 0. The van der Waals surface area contributed by atoms with Gasteiger partial charge in [0, 0.05) is 38.2 Å². The zero-order valence-corrected chi connectivity index (χ0v) is 34.5. The molecule has 8 nitrogen and oxygen atoms in total. The molecular formula is C46H64O8. The number of epoxide rings is 1. The molecule has 0 bridgehead atoms. The third-order valence-electron chi connectivity index (χ3n) is 10.9. The normalized spacial score (nSPS) is 30.0. The van der Waals surface area contributed by atoms with Crippen LogP contribution in [0.4, 0.5) is 0 Å². The summed E-state index contributed by atoms with van der Waals surface area (Å²) in [5, 5.41) is 21.6. The zero-order chi connectivity index (χ0) is 40.5. The molecule has 0 radical (unpaired) electrons. The van der Waals surface area contributed by atoms with Crippen LogP contribution in [-0.2, 0) is 28.6 Å². The zero-order valence-electron chi connectivity index (χ0n) is 34.5. The lowest BCUT2D eigenvalue weighted by atomic mass is 9.61. The predicted molar refractivity (Wildman–Crippen MR) is 214 cm³/mol. The van der Waals surface area contributed by atoms with E-state index in [9.17, 15) is 24.6 Å².